The fourth-order valence-corrected chi connectivity index (χ4v) is 3.26. The van der Waals surface area contributed by atoms with Crippen molar-refractivity contribution in [1.29, 1.82) is 0 Å². The highest BCUT2D eigenvalue weighted by Crippen LogP contribution is 2.30. The largest absolute Gasteiger partial charge is 0.486 e. The SMILES string of the molecule is CN=C(NCCC1=CCCCC1)NCCc1ccc2c(c1)OCCO2.I. The Morgan fingerprint density at radius 3 is 2.54 bits per heavy atom. The van der Waals surface area contributed by atoms with Crippen molar-refractivity contribution in [3.63, 3.8) is 0 Å². The molecule has 0 atom stereocenters. The van der Waals surface area contributed by atoms with E-state index in [4.69, 9.17) is 9.47 Å². The molecule has 0 bridgehead atoms. The van der Waals surface area contributed by atoms with E-state index in [2.05, 4.69) is 33.8 Å². The molecule has 0 aromatic heterocycles. The maximum atomic E-state index is 5.64. The number of halogens is 1. The van der Waals surface area contributed by atoms with E-state index < -0.39 is 0 Å². The van der Waals surface area contributed by atoms with Gasteiger partial charge in [-0.2, -0.15) is 0 Å². The average Bonchev–Trinajstić information content (AvgIpc) is 2.67. The highest BCUT2D eigenvalue weighted by molar-refractivity contribution is 14.0. The highest BCUT2D eigenvalue weighted by atomic mass is 127. The second-order valence-electron chi connectivity index (χ2n) is 6.51. The summed E-state index contributed by atoms with van der Waals surface area (Å²) in [6, 6.07) is 6.16. The number of allylic oxidation sites excluding steroid dienone is 1. The third-order valence-electron chi connectivity index (χ3n) is 4.66. The molecular weight excluding hydrogens is 441 g/mol. The van der Waals surface area contributed by atoms with E-state index in [1.165, 1.54) is 31.2 Å². The zero-order chi connectivity index (χ0) is 17.3. The number of aliphatic imine (C=N–C) groups is 1. The van der Waals surface area contributed by atoms with Gasteiger partial charge in [0, 0.05) is 20.1 Å². The van der Waals surface area contributed by atoms with Gasteiger partial charge in [0.05, 0.1) is 0 Å². The van der Waals surface area contributed by atoms with Crippen molar-refractivity contribution in [1.82, 2.24) is 10.6 Å². The molecule has 6 heteroatoms. The van der Waals surface area contributed by atoms with Gasteiger partial charge < -0.3 is 20.1 Å². The lowest BCUT2D eigenvalue weighted by atomic mass is 9.97. The molecule has 1 aromatic rings. The minimum absolute atomic E-state index is 0. The minimum Gasteiger partial charge on any atom is -0.486 e. The Kier molecular flexibility index (Phi) is 9.08. The van der Waals surface area contributed by atoms with Crippen LogP contribution in [0.3, 0.4) is 0 Å². The van der Waals surface area contributed by atoms with Crippen LogP contribution in [0.2, 0.25) is 0 Å². The number of hydrogen-bond acceptors (Lipinski definition) is 3. The molecular formula is C20H30IN3O2. The number of ether oxygens (including phenoxy) is 2. The molecule has 0 fully saturated rings. The molecule has 0 radical (unpaired) electrons. The van der Waals surface area contributed by atoms with Crippen LogP contribution in [0.15, 0.2) is 34.8 Å². The van der Waals surface area contributed by atoms with E-state index in [9.17, 15) is 0 Å². The van der Waals surface area contributed by atoms with E-state index in [0.29, 0.717) is 13.2 Å². The number of hydrogen-bond donors (Lipinski definition) is 2. The first-order valence-corrected chi connectivity index (χ1v) is 9.36. The normalized spacial score (nSPS) is 16.3. The van der Waals surface area contributed by atoms with Gasteiger partial charge in [0.2, 0.25) is 0 Å². The van der Waals surface area contributed by atoms with Crippen molar-refractivity contribution < 1.29 is 9.47 Å². The summed E-state index contributed by atoms with van der Waals surface area (Å²) in [5.41, 5.74) is 2.82. The van der Waals surface area contributed by atoms with Gasteiger partial charge in [-0.1, -0.05) is 17.7 Å². The highest BCUT2D eigenvalue weighted by Gasteiger charge is 2.11. The van der Waals surface area contributed by atoms with Crippen LogP contribution in [0.5, 0.6) is 11.5 Å². The Balaban J connectivity index is 0.00000243. The first-order valence-electron chi connectivity index (χ1n) is 9.36. The third kappa shape index (κ3) is 6.37. The van der Waals surface area contributed by atoms with Gasteiger partial charge in [-0.3, -0.25) is 4.99 Å². The lowest BCUT2D eigenvalue weighted by molar-refractivity contribution is 0.171. The predicted octanol–water partition coefficient (Wildman–Crippen LogP) is 3.67. The molecule has 26 heavy (non-hydrogen) atoms. The van der Waals surface area contributed by atoms with Crippen molar-refractivity contribution in [2.75, 3.05) is 33.4 Å². The molecule has 0 spiro atoms. The van der Waals surface area contributed by atoms with Crippen LogP contribution in [0.25, 0.3) is 0 Å². The Hall–Kier alpha value is -1.44. The van der Waals surface area contributed by atoms with Gasteiger partial charge in [-0.15, -0.1) is 24.0 Å². The molecule has 1 aliphatic carbocycles. The zero-order valence-electron chi connectivity index (χ0n) is 15.6. The molecule has 0 unspecified atom stereocenters. The smallest absolute Gasteiger partial charge is 0.190 e. The predicted molar refractivity (Wildman–Crippen MR) is 117 cm³/mol. The number of nitrogens with one attached hydrogen (secondary N) is 2. The van der Waals surface area contributed by atoms with Crippen LogP contribution in [0.4, 0.5) is 0 Å². The van der Waals surface area contributed by atoms with Gasteiger partial charge in [-0.05, 0) is 56.2 Å². The van der Waals surface area contributed by atoms with Gasteiger partial charge in [-0.25, -0.2) is 0 Å². The molecule has 0 saturated carbocycles. The molecule has 2 N–H and O–H groups in total. The quantitative estimate of drug-likeness (QED) is 0.288. The molecule has 1 aliphatic heterocycles. The number of guanidine groups is 1. The number of benzene rings is 1. The number of rotatable bonds is 6. The summed E-state index contributed by atoms with van der Waals surface area (Å²) in [7, 11) is 1.82. The molecule has 2 aliphatic rings. The van der Waals surface area contributed by atoms with Crippen molar-refractivity contribution in [3.8, 4) is 11.5 Å². The van der Waals surface area contributed by atoms with Crippen molar-refractivity contribution in [2.45, 2.75) is 38.5 Å². The summed E-state index contributed by atoms with van der Waals surface area (Å²) < 4.78 is 11.2. The van der Waals surface area contributed by atoms with Gasteiger partial charge in [0.15, 0.2) is 17.5 Å². The van der Waals surface area contributed by atoms with E-state index in [-0.39, 0.29) is 24.0 Å². The Labute approximate surface area is 173 Å². The van der Waals surface area contributed by atoms with Crippen LogP contribution in [0, 0.1) is 0 Å². The molecule has 0 amide bonds. The monoisotopic (exact) mass is 471 g/mol. The Morgan fingerprint density at radius 2 is 1.81 bits per heavy atom. The van der Waals surface area contributed by atoms with Gasteiger partial charge >= 0.3 is 0 Å². The summed E-state index contributed by atoms with van der Waals surface area (Å²) in [6.07, 6.45) is 9.64. The summed E-state index contributed by atoms with van der Waals surface area (Å²) in [6.45, 7) is 3.03. The Bertz CT molecular complexity index is 631. The van der Waals surface area contributed by atoms with Crippen LogP contribution < -0.4 is 20.1 Å². The first-order chi connectivity index (χ1) is 12.3. The van der Waals surface area contributed by atoms with Crippen molar-refractivity contribution >= 4 is 29.9 Å². The number of fused-ring (bicyclic) bond motifs is 1. The summed E-state index contributed by atoms with van der Waals surface area (Å²) in [4.78, 5) is 4.30. The number of nitrogens with zero attached hydrogens (tertiary/aromatic N) is 1. The molecule has 144 valence electrons. The summed E-state index contributed by atoms with van der Waals surface area (Å²) in [5.74, 6) is 2.57. The maximum Gasteiger partial charge on any atom is 0.190 e. The van der Waals surface area contributed by atoms with E-state index in [0.717, 1.165) is 43.4 Å². The average molecular weight is 471 g/mol. The summed E-state index contributed by atoms with van der Waals surface area (Å²) >= 11 is 0. The standard InChI is InChI=1S/C20H29N3O2.HI/c1-21-20(22-11-9-16-5-3-2-4-6-16)23-12-10-17-7-8-18-19(15-17)25-14-13-24-18;/h5,7-8,15H,2-4,6,9-14H2,1H3,(H2,21,22,23);1H. The molecule has 1 heterocycles. The molecule has 1 aromatic carbocycles. The fourth-order valence-electron chi connectivity index (χ4n) is 3.26. The van der Waals surface area contributed by atoms with Crippen molar-refractivity contribution in [2.24, 2.45) is 4.99 Å². The van der Waals surface area contributed by atoms with E-state index >= 15 is 0 Å². The van der Waals surface area contributed by atoms with Crippen LogP contribution in [0.1, 0.15) is 37.7 Å². The van der Waals surface area contributed by atoms with E-state index in [1.807, 2.05) is 13.1 Å². The first kappa shape index (κ1) is 20.9. The zero-order valence-corrected chi connectivity index (χ0v) is 17.9. The van der Waals surface area contributed by atoms with Crippen LogP contribution >= 0.6 is 24.0 Å². The molecule has 5 nitrogen and oxygen atoms in total. The molecule has 3 rings (SSSR count). The van der Waals surface area contributed by atoms with E-state index in [1.54, 1.807) is 5.57 Å². The fraction of sp³-hybridized carbons (Fsp3) is 0.550. The third-order valence-corrected chi connectivity index (χ3v) is 4.66. The summed E-state index contributed by atoms with van der Waals surface area (Å²) in [5, 5.41) is 6.79. The maximum absolute atomic E-state index is 5.64. The topological polar surface area (TPSA) is 54.9 Å². The van der Waals surface area contributed by atoms with Gasteiger partial charge in [0.25, 0.3) is 0 Å². The van der Waals surface area contributed by atoms with Crippen molar-refractivity contribution in [3.05, 3.63) is 35.4 Å². The Morgan fingerprint density at radius 1 is 1.04 bits per heavy atom. The lowest BCUT2D eigenvalue weighted by Crippen LogP contribution is -2.38. The second kappa shape index (κ2) is 11.3. The second-order valence-corrected chi connectivity index (χ2v) is 6.51. The minimum atomic E-state index is 0. The molecule has 0 saturated heterocycles. The van der Waals surface area contributed by atoms with Crippen LogP contribution in [-0.2, 0) is 6.42 Å². The van der Waals surface area contributed by atoms with Crippen LogP contribution in [-0.4, -0.2) is 39.3 Å². The lowest BCUT2D eigenvalue weighted by Gasteiger charge is -2.19. The van der Waals surface area contributed by atoms with Gasteiger partial charge in [0.1, 0.15) is 13.2 Å².